The Bertz CT molecular complexity index is 497. The lowest BCUT2D eigenvalue weighted by atomic mass is 10.3. The van der Waals surface area contributed by atoms with Crippen LogP contribution in [0.1, 0.15) is 5.69 Å². The van der Waals surface area contributed by atoms with Gasteiger partial charge >= 0.3 is 0 Å². The number of carbonyl (C=O) groups excluding carboxylic acids is 1. The van der Waals surface area contributed by atoms with Crippen molar-refractivity contribution in [1.29, 1.82) is 0 Å². The van der Waals surface area contributed by atoms with Crippen molar-refractivity contribution >= 4 is 23.2 Å². The minimum atomic E-state index is -0.124. The molecule has 94 valence electrons. The van der Waals surface area contributed by atoms with Gasteiger partial charge in [0.25, 0.3) is 0 Å². The fourth-order valence-electron chi connectivity index (χ4n) is 1.37. The van der Waals surface area contributed by atoms with Crippen LogP contribution in [0.4, 0.5) is 5.69 Å². The van der Waals surface area contributed by atoms with Gasteiger partial charge in [-0.3, -0.25) is 4.79 Å². The summed E-state index contributed by atoms with van der Waals surface area (Å²) in [4.78, 5) is 11.6. The first-order chi connectivity index (χ1) is 8.74. The Morgan fingerprint density at radius 3 is 2.72 bits per heavy atom. The van der Waals surface area contributed by atoms with Crippen molar-refractivity contribution in [1.82, 2.24) is 10.5 Å². The summed E-state index contributed by atoms with van der Waals surface area (Å²) in [5.74, 6) is -0.124. The lowest BCUT2D eigenvalue weighted by Crippen LogP contribution is -2.27. The van der Waals surface area contributed by atoms with Gasteiger partial charge in [0.2, 0.25) is 5.91 Å². The molecule has 5 nitrogen and oxygen atoms in total. The lowest BCUT2D eigenvalue weighted by Gasteiger charge is -2.05. The second-order valence-electron chi connectivity index (χ2n) is 3.65. The number of halogens is 1. The summed E-state index contributed by atoms with van der Waals surface area (Å²) in [6.07, 6.45) is 1.49. The Balaban J connectivity index is 1.73. The number of anilines is 1. The van der Waals surface area contributed by atoms with Crippen LogP contribution in [0.3, 0.4) is 0 Å². The molecular weight excluding hydrogens is 254 g/mol. The summed E-state index contributed by atoms with van der Waals surface area (Å²) < 4.78 is 4.68. The van der Waals surface area contributed by atoms with Gasteiger partial charge in [-0.15, -0.1) is 0 Å². The zero-order chi connectivity index (χ0) is 12.8. The Hall–Kier alpha value is -1.85. The van der Waals surface area contributed by atoms with E-state index < -0.39 is 0 Å². The smallest absolute Gasteiger partial charge is 0.238 e. The van der Waals surface area contributed by atoms with Gasteiger partial charge in [-0.25, -0.2) is 0 Å². The second kappa shape index (κ2) is 6.18. The summed E-state index contributed by atoms with van der Waals surface area (Å²) in [7, 11) is 0. The SMILES string of the molecule is O=C(CNCc1ccon1)Nc1ccc(Cl)cc1. The molecule has 0 aliphatic heterocycles. The van der Waals surface area contributed by atoms with Gasteiger partial charge in [0.05, 0.1) is 12.2 Å². The van der Waals surface area contributed by atoms with Crippen molar-refractivity contribution in [3.8, 4) is 0 Å². The third-order valence-electron chi connectivity index (χ3n) is 2.21. The van der Waals surface area contributed by atoms with Gasteiger partial charge in [0.15, 0.2) is 0 Å². The van der Waals surface area contributed by atoms with E-state index >= 15 is 0 Å². The normalized spacial score (nSPS) is 10.3. The van der Waals surface area contributed by atoms with Crippen molar-refractivity contribution in [2.24, 2.45) is 0 Å². The lowest BCUT2D eigenvalue weighted by molar-refractivity contribution is -0.115. The van der Waals surface area contributed by atoms with Gasteiger partial charge in [0, 0.05) is 23.3 Å². The molecule has 1 aromatic carbocycles. The predicted octanol–water partition coefficient (Wildman–Crippen LogP) is 2.06. The van der Waals surface area contributed by atoms with E-state index in [1.165, 1.54) is 6.26 Å². The number of nitrogens with one attached hydrogen (secondary N) is 2. The highest BCUT2D eigenvalue weighted by Crippen LogP contribution is 2.12. The number of benzene rings is 1. The van der Waals surface area contributed by atoms with E-state index in [0.717, 1.165) is 5.69 Å². The summed E-state index contributed by atoms with van der Waals surface area (Å²) in [6.45, 7) is 0.694. The number of amides is 1. The van der Waals surface area contributed by atoms with Crippen molar-refractivity contribution in [3.05, 3.63) is 47.3 Å². The molecule has 1 heterocycles. The van der Waals surface area contributed by atoms with E-state index in [1.54, 1.807) is 30.3 Å². The zero-order valence-electron chi connectivity index (χ0n) is 9.52. The van der Waals surface area contributed by atoms with Gasteiger partial charge in [-0.2, -0.15) is 0 Å². The molecule has 2 rings (SSSR count). The molecule has 1 amide bonds. The Morgan fingerprint density at radius 2 is 2.06 bits per heavy atom. The highest BCUT2D eigenvalue weighted by molar-refractivity contribution is 6.30. The van der Waals surface area contributed by atoms with Crippen molar-refractivity contribution in [2.45, 2.75) is 6.54 Å². The molecule has 2 N–H and O–H groups in total. The Morgan fingerprint density at radius 1 is 1.28 bits per heavy atom. The summed E-state index contributed by atoms with van der Waals surface area (Å²) in [5.41, 5.74) is 1.47. The maximum absolute atomic E-state index is 11.6. The fraction of sp³-hybridized carbons (Fsp3) is 0.167. The maximum Gasteiger partial charge on any atom is 0.238 e. The summed E-state index contributed by atoms with van der Waals surface area (Å²) >= 11 is 5.75. The molecule has 0 atom stereocenters. The summed E-state index contributed by atoms with van der Waals surface area (Å²) in [6, 6.07) is 8.68. The van der Waals surface area contributed by atoms with Crippen molar-refractivity contribution in [3.63, 3.8) is 0 Å². The van der Waals surface area contributed by atoms with E-state index in [4.69, 9.17) is 11.6 Å². The van der Waals surface area contributed by atoms with Crippen LogP contribution in [0.5, 0.6) is 0 Å². The van der Waals surface area contributed by atoms with Crippen molar-refractivity contribution < 1.29 is 9.32 Å². The molecule has 1 aromatic heterocycles. The fourth-order valence-corrected chi connectivity index (χ4v) is 1.50. The van der Waals surface area contributed by atoms with E-state index in [1.807, 2.05) is 0 Å². The molecule has 0 fully saturated rings. The van der Waals surface area contributed by atoms with Crippen LogP contribution in [0, 0.1) is 0 Å². The van der Waals surface area contributed by atoms with E-state index in [0.29, 0.717) is 17.3 Å². The molecular formula is C12H12ClN3O2. The molecule has 18 heavy (non-hydrogen) atoms. The minimum Gasteiger partial charge on any atom is -0.364 e. The Kier molecular flexibility index (Phi) is 4.33. The largest absolute Gasteiger partial charge is 0.364 e. The molecule has 0 radical (unpaired) electrons. The highest BCUT2D eigenvalue weighted by atomic mass is 35.5. The molecule has 2 aromatic rings. The minimum absolute atomic E-state index is 0.124. The summed E-state index contributed by atoms with van der Waals surface area (Å²) in [5, 5.41) is 10.1. The number of aromatic nitrogens is 1. The van der Waals surface area contributed by atoms with Crippen LogP contribution >= 0.6 is 11.6 Å². The molecule has 0 aliphatic rings. The standard InChI is InChI=1S/C12H12ClN3O2/c13-9-1-3-10(4-2-9)15-12(17)8-14-7-11-5-6-18-16-11/h1-6,14H,7-8H2,(H,15,17). The monoisotopic (exact) mass is 265 g/mol. The van der Waals surface area contributed by atoms with E-state index in [-0.39, 0.29) is 12.5 Å². The van der Waals surface area contributed by atoms with Crippen molar-refractivity contribution in [2.75, 3.05) is 11.9 Å². The van der Waals surface area contributed by atoms with Gasteiger partial charge in [0.1, 0.15) is 6.26 Å². The number of hydrogen-bond acceptors (Lipinski definition) is 4. The Labute approximate surface area is 109 Å². The average Bonchev–Trinajstić information content (AvgIpc) is 2.85. The molecule has 6 heteroatoms. The van der Waals surface area contributed by atoms with Gasteiger partial charge in [-0.05, 0) is 24.3 Å². The first-order valence-corrected chi connectivity index (χ1v) is 5.77. The number of hydrogen-bond donors (Lipinski definition) is 2. The van der Waals surface area contributed by atoms with Crippen LogP contribution in [0.25, 0.3) is 0 Å². The van der Waals surface area contributed by atoms with Crippen LogP contribution in [0.15, 0.2) is 41.1 Å². The van der Waals surface area contributed by atoms with Crippen LogP contribution < -0.4 is 10.6 Å². The third-order valence-corrected chi connectivity index (χ3v) is 2.46. The van der Waals surface area contributed by atoms with Gasteiger partial charge in [-0.1, -0.05) is 16.8 Å². The molecule has 0 aliphatic carbocycles. The van der Waals surface area contributed by atoms with Gasteiger partial charge < -0.3 is 15.2 Å². The first-order valence-electron chi connectivity index (χ1n) is 5.39. The average molecular weight is 266 g/mol. The quantitative estimate of drug-likeness (QED) is 0.868. The van der Waals surface area contributed by atoms with Crippen LogP contribution in [-0.2, 0) is 11.3 Å². The number of carbonyl (C=O) groups is 1. The van der Waals surface area contributed by atoms with E-state index in [9.17, 15) is 4.79 Å². The molecule has 0 spiro atoms. The van der Waals surface area contributed by atoms with Crippen LogP contribution in [-0.4, -0.2) is 17.6 Å². The molecule has 0 saturated heterocycles. The zero-order valence-corrected chi connectivity index (χ0v) is 10.3. The maximum atomic E-state index is 11.6. The topological polar surface area (TPSA) is 67.2 Å². The second-order valence-corrected chi connectivity index (χ2v) is 4.09. The third kappa shape index (κ3) is 3.87. The van der Waals surface area contributed by atoms with E-state index in [2.05, 4.69) is 20.3 Å². The first kappa shape index (κ1) is 12.6. The molecule has 0 unspecified atom stereocenters. The molecule has 0 bridgehead atoms. The number of nitrogens with zero attached hydrogens (tertiary/aromatic N) is 1. The highest BCUT2D eigenvalue weighted by Gasteiger charge is 2.02. The predicted molar refractivity (Wildman–Crippen MR) is 68.3 cm³/mol. The molecule has 0 saturated carbocycles. The van der Waals surface area contributed by atoms with Crippen LogP contribution in [0.2, 0.25) is 5.02 Å². The number of rotatable bonds is 5.